The highest BCUT2D eigenvalue weighted by Gasteiger charge is 2.16. The average Bonchev–Trinajstić information content (AvgIpc) is 2.44. The summed E-state index contributed by atoms with van der Waals surface area (Å²) in [5.74, 6) is -0.817. The van der Waals surface area contributed by atoms with Gasteiger partial charge in [0.05, 0.1) is 0 Å². The standard InChI is InChI=1S/C17H19NO2/c1-13-6-5-9-15(12-13)18-16(17(19)20)11-10-14-7-3-2-4-8-14/h2-9,12,16,18H,10-11H2,1H3,(H,19,20). The molecule has 20 heavy (non-hydrogen) atoms. The number of rotatable bonds is 6. The Morgan fingerprint density at radius 2 is 1.90 bits per heavy atom. The second-order valence-electron chi connectivity index (χ2n) is 4.93. The fourth-order valence-electron chi connectivity index (χ4n) is 2.15. The van der Waals surface area contributed by atoms with Crippen LogP contribution in [0.3, 0.4) is 0 Å². The van der Waals surface area contributed by atoms with Gasteiger partial charge in [0.2, 0.25) is 0 Å². The molecule has 0 amide bonds. The lowest BCUT2D eigenvalue weighted by Crippen LogP contribution is -2.29. The molecule has 1 atom stereocenters. The summed E-state index contributed by atoms with van der Waals surface area (Å²) in [4.78, 5) is 11.3. The lowest BCUT2D eigenvalue weighted by Gasteiger charge is -2.16. The van der Waals surface area contributed by atoms with E-state index in [1.807, 2.05) is 61.5 Å². The maximum absolute atomic E-state index is 11.3. The van der Waals surface area contributed by atoms with E-state index in [1.165, 1.54) is 0 Å². The van der Waals surface area contributed by atoms with Crippen LogP contribution >= 0.6 is 0 Å². The van der Waals surface area contributed by atoms with Gasteiger partial charge in [-0.1, -0.05) is 42.5 Å². The number of aliphatic carboxylic acids is 1. The quantitative estimate of drug-likeness (QED) is 0.844. The third kappa shape index (κ3) is 4.12. The number of carboxylic acids is 1. The van der Waals surface area contributed by atoms with Gasteiger partial charge in [0.1, 0.15) is 6.04 Å². The summed E-state index contributed by atoms with van der Waals surface area (Å²) in [6.45, 7) is 1.99. The van der Waals surface area contributed by atoms with Crippen molar-refractivity contribution in [3.63, 3.8) is 0 Å². The molecule has 1 unspecified atom stereocenters. The molecule has 3 heteroatoms. The van der Waals surface area contributed by atoms with Crippen molar-refractivity contribution in [2.75, 3.05) is 5.32 Å². The van der Waals surface area contributed by atoms with Gasteiger partial charge in [-0.15, -0.1) is 0 Å². The molecule has 2 rings (SSSR count). The first kappa shape index (κ1) is 14.1. The van der Waals surface area contributed by atoms with Crippen LogP contribution in [-0.2, 0) is 11.2 Å². The zero-order valence-corrected chi connectivity index (χ0v) is 11.5. The monoisotopic (exact) mass is 269 g/mol. The molecule has 0 saturated carbocycles. The van der Waals surface area contributed by atoms with Gasteiger partial charge in [0.25, 0.3) is 0 Å². The van der Waals surface area contributed by atoms with E-state index in [-0.39, 0.29) is 0 Å². The minimum Gasteiger partial charge on any atom is -0.480 e. The predicted molar refractivity (Wildman–Crippen MR) is 81.0 cm³/mol. The van der Waals surface area contributed by atoms with Crippen LogP contribution < -0.4 is 5.32 Å². The van der Waals surface area contributed by atoms with Gasteiger partial charge in [-0.2, -0.15) is 0 Å². The van der Waals surface area contributed by atoms with Crippen molar-refractivity contribution in [3.8, 4) is 0 Å². The van der Waals surface area contributed by atoms with Crippen LogP contribution in [0, 0.1) is 6.92 Å². The summed E-state index contributed by atoms with van der Waals surface area (Å²) in [5.41, 5.74) is 3.12. The van der Waals surface area contributed by atoms with Crippen LogP contribution in [-0.4, -0.2) is 17.1 Å². The van der Waals surface area contributed by atoms with Crippen molar-refractivity contribution in [2.45, 2.75) is 25.8 Å². The Morgan fingerprint density at radius 3 is 2.55 bits per heavy atom. The zero-order chi connectivity index (χ0) is 14.4. The summed E-state index contributed by atoms with van der Waals surface area (Å²) in [7, 11) is 0. The number of nitrogens with one attached hydrogen (secondary N) is 1. The Balaban J connectivity index is 1.99. The van der Waals surface area contributed by atoms with Gasteiger partial charge in [-0.05, 0) is 43.0 Å². The summed E-state index contributed by atoms with van der Waals surface area (Å²) in [6.07, 6.45) is 1.31. The van der Waals surface area contributed by atoms with Gasteiger partial charge in [0, 0.05) is 5.69 Å². The molecule has 0 saturated heterocycles. The molecule has 0 aromatic heterocycles. The maximum Gasteiger partial charge on any atom is 0.326 e. The van der Waals surface area contributed by atoms with E-state index in [0.717, 1.165) is 23.2 Å². The van der Waals surface area contributed by atoms with E-state index >= 15 is 0 Å². The van der Waals surface area contributed by atoms with E-state index in [1.54, 1.807) is 0 Å². The summed E-state index contributed by atoms with van der Waals surface area (Å²) >= 11 is 0. The fourth-order valence-corrected chi connectivity index (χ4v) is 2.15. The Morgan fingerprint density at radius 1 is 1.15 bits per heavy atom. The van der Waals surface area contributed by atoms with Crippen molar-refractivity contribution in [1.29, 1.82) is 0 Å². The number of aryl methyl sites for hydroxylation is 2. The smallest absolute Gasteiger partial charge is 0.326 e. The highest BCUT2D eigenvalue weighted by atomic mass is 16.4. The van der Waals surface area contributed by atoms with E-state index in [4.69, 9.17) is 0 Å². The molecule has 0 aliphatic rings. The van der Waals surface area contributed by atoms with Crippen LogP contribution in [0.25, 0.3) is 0 Å². The molecule has 2 aromatic rings. The largest absolute Gasteiger partial charge is 0.480 e. The summed E-state index contributed by atoms with van der Waals surface area (Å²) in [6, 6.07) is 17.1. The molecule has 2 aromatic carbocycles. The van der Waals surface area contributed by atoms with Crippen molar-refractivity contribution in [1.82, 2.24) is 0 Å². The second-order valence-corrected chi connectivity index (χ2v) is 4.93. The molecule has 104 valence electrons. The van der Waals surface area contributed by atoms with Crippen LogP contribution in [0.1, 0.15) is 17.5 Å². The topological polar surface area (TPSA) is 49.3 Å². The number of carbonyl (C=O) groups is 1. The normalized spacial score (nSPS) is 11.8. The molecular formula is C17H19NO2. The SMILES string of the molecule is Cc1cccc(NC(CCc2ccccc2)C(=O)O)c1. The number of benzene rings is 2. The highest BCUT2D eigenvalue weighted by molar-refractivity contribution is 5.77. The van der Waals surface area contributed by atoms with E-state index < -0.39 is 12.0 Å². The highest BCUT2D eigenvalue weighted by Crippen LogP contribution is 2.14. The van der Waals surface area contributed by atoms with Crippen molar-refractivity contribution < 1.29 is 9.90 Å². The Kier molecular flexibility index (Phi) is 4.77. The molecule has 0 heterocycles. The van der Waals surface area contributed by atoms with Gasteiger partial charge in [-0.25, -0.2) is 4.79 Å². The van der Waals surface area contributed by atoms with Gasteiger partial charge < -0.3 is 10.4 Å². The zero-order valence-electron chi connectivity index (χ0n) is 11.5. The lowest BCUT2D eigenvalue weighted by atomic mass is 10.0. The minimum atomic E-state index is -0.817. The molecule has 0 spiro atoms. The Labute approximate surface area is 119 Å². The average molecular weight is 269 g/mol. The van der Waals surface area contributed by atoms with Crippen LogP contribution in [0.4, 0.5) is 5.69 Å². The lowest BCUT2D eigenvalue weighted by molar-refractivity contribution is -0.138. The van der Waals surface area contributed by atoms with Gasteiger partial charge >= 0.3 is 5.97 Å². The first-order valence-corrected chi connectivity index (χ1v) is 6.75. The number of carboxylic acid groups (broad SMARTS) is 1. The van der Waals surface area contributed by atoms with Gasteiger partial charge in [-0.3, -0.25) is 0 Å². The Hall–Kier alpha value is -2.29. The molecule has 2 N–H and O–H groups in total. The fraction of sp³-hybridized carbons (Fsp3) is 0.235. The van der Waals surface area contributed by atoms with Crippen molar-refractivity contribution in [3.05, 3.63) is 65.7 Å². The van der Waals surface area contributed by atoms with E-state index in [0.29, 0.717) is 6.42 Å². The molecular weight excluding hydrogens is 250 g/mol. The predicted octanol–water partition coefficient (Wildman–Crippen LogP) is 3.49. The molecule has 0 aliphatic heterocycles. The van der Waals surface area contributed by atoms with E-state index in [2.05, 4.69) is 5.32 Å². The second kappa shape index (κ2) is 6.75. The first-order valence-electron chi connectivity index (χ1n) is 6.75. The third-order valence-corrected chi connectivity index (χ3v) is 3.22. The van der Waals surface area contributed by atoms with Crippen molar-refractivity contribution in [2.24, 2.45) is 0 Å². The first-order chi connectivity index (χ1) is 9.65. The number of hydrogen-bond donors (Lipinski definition) is 2. The number of anilines is 1. The molecule has 3 nitrogen and oxygen atoms in total. The van der Waals surface area contributed by atoms with Crippen LogP contribution in [0.5, 0.6) is 0 Å². The van der Waals surface area contributed by atoms with Gasteiger partial charge in [0.15, 0.2) is 0 Å². The molecule has 0 fully saturated rings. The van der Waals surface area contributed by atoms with Crippen LogP contribution in [0.15, 0.2) is 54.6 Å². The maximum atomic E-state index is 11.3. The van der Waals surface area contributed by atoms with Crippen LogP contribution in [0.2, 0.25) is 0 Å². The third-order valence-electron chi connectivity index (χ3n) is 3.22. The summed E-state index contributed by atoms with van der Waals surface area (Å²) < 4.78 is 0. The Bertz CT molecular complexity index is 566. The molecule has 0 radical (unpaired) electrons. The molecule has 0 aliphatic carbocycles. The van der Waals surface area contributed by atoms with E-state index in [9.17, 15) is 9.90 Å². The molecule has 0 bridgehead atoms. The minimum absolute atomic E-state index is 0.563. The number of hydrogen-bond acceptors (Lipinski definition) is 2. The summed E-state index contributed by atoms with van der Waals surface area (Å²) in [5, 5.41) is 12.4. The van der Waals surface area contributed by atoms with Crippen molar-refractivity contribution >= 4 is 11.7 Å².